The summed E-state index contributed by atoms with van der Waals surface area (Å²) in [5.74, 6) is 0. The fourth-order valence-electron chi connectivity index (χ4n) is 0. The van der Waals surface area contributed by atoms with Crippen LogP contribution in [-0.4, -0.2) is 0 Å². The summed E-state index contributed by atoms with van der Waals surface area (Å²) in [6, 6.07) is 0. The van der Waals surface area contributed by atoms with Crippen LogP contribution in [0.5, 0.6) is 0 Å². The molecular weight excluding hydrogens is 309 g/mol. The van der Waals surface area contributed by atoms with Gasteiger partial charge in [-0.1, -0.05) is 0 Å². The molecule has 0 unspecified atom stereocenters. The van der Waals surface area contributed by atoms with Crippen LogP contribution in [0.4, 0.5) is 0 Å². The molecule has 2 heteroatoms. The third kappa shape index (κ3) is 25.9. The summed E-state index contributed by atoms with van der Waals surface area (Å²) in [4.78, 5) is 0. The van der Waals surface area contributed by atoms with Crippen molar-refractivity contribution in [1.82, 2.24) is 0 Å². The first-order chi connectivity index (χ1) is 1.00. The van der Waals surface area contributed by atoms with Gasteiger partial charge in [0.1, 0.15) is 0 Å². The van der Waals surface area contributed by atoms with Gasteiger partial charge in [-0.15, -0.1) is 0 Å². The molecule has 0 aromatic heterocycles. The summed E-state index contributed by atoms with van der Waals surface area (Å²) < 4.78 is 0. The van der Waals surface area contributed by atoms with Crippen molar-refractivity contribution in [3.8, 4) is 0 Å². The predicted octanol–water partition coefficient (Wildman–Crippen LogP) is 1.29. The molecule has 0 saturated carbocycles. The fraction of sp³-hybridized carbons (Fsp3) is 0.333. The largest absolute Gasteiger partial charge is 2.00 e. The number of hydrogen-bond donors (Lipinski definition) is 0. The zero-order valence-corrected chi connectivity index (χ0v) is 9.46. The molecule has 5 heavy (non-hydrogen) atoms. The topological polar surface area (TPSA) is 0 Å². The first kappa shape index (κ1) is 29.2. The van der Waals surface area contributed by atoms with Gasteiger partial charge in [0, 0.05) is 32.7 Å². The standard InChI is InChI=1S/C2H5.CH3.W.Y/c1-2;;;/h1H2,2H3;1H3;;/q2*-1;+2;. The van der Waals surface area contributed by atoms with E-state index in [1.54, 1.807) is 6.92 Å². The summed E-state index contributed by atoms with van der Waals surface area (Å²) in [6.45, 7) is 5.00. The van der Waals surface area contributed by atoms with Crippen molar-refractivity contribution >= 4 is 0 Å². The van der Waals surface area contributed by atoms with Crippen LogP contribution in [0, 0.1) is 14.4 Å². The summed E-state index contributed by atoms with van der Waals surface area (Å²) in [6.07, 6.45) is 0. The van der Waals surface area contributed by atoms with Crippen LogP contribution in [0.15, 0.2) is 0 Å². The predicted molar refractivity (Wildman–Crippen MR) is 17.4 cm³/mol. The van der Waals surface area contributed by atoms with Crippen LogP contribution < -0.4 is 0 Å². The van der Waals surface area contributed by atoms with Gasteiger partial charge in [-0.2, -0.15) is 6.92 Å². The van der Waals surface area contributed by atoms with Gasteiger partial charge in [0.05, 0.1) is 0 Å². The molecule has 0 aromatic carbocycles. The molecule has 0 nitrogen and oxygen atoms in total. The van der Waals surface area contributed by atoms with E-state index in [0.717, 1.165) is 0 Å². The van der Waals surface area contributed by atoms with Crippen LogP contribution in [0.3, 0.4) is 0 Å². The van der Waals surface area contributed by atoms with Crippen LogP contribution >= 0.6 is 0 Å². The Hall–Kier alpha value is 1.79. The molecule has 29 valence electrons. The van der Waals surface area contributed by atoms with E-state index in [9.17, 15) is 0 Å². The van der Waals surface area contributed by atoms with Crippen molar-refractivity contribution in [3.05, 3.63) is 14.4 Å². The van der Waals surface area contributed by atoms with E-state index >= 15 is 0 Å². The molecule has 0 aliphatic rings. The van der Waals surface area contributed by atoms with Crippen molar-refractivity contribution in [2.75, 3.05) is 0 Å². The Kier molecular flexibility index (Phi) is 242. The van der Waals surface area contributed by atoms with Gasteiger partial charge in [-0.25, -0.2) is 0 Å². The Morgan fingerprint density at radius 2 is 1.20 bits per heavy atom. The summed E-state index contributed by atoms with van der Waals surface area (Å²) in [5.41, 5.74) is 0. The fourth-order valence-corrected chi connectivity index (χ4v) is 0. The molecule has 0 spiro atoms. The quantitative estimate of drug-likeness (QED) is 0.591. The Morgan fingerprint density at radius 1 is 1.20 bits per heavy atom. The first-order valence-corrected chi connectivity index (χ1v) is 0.707. The van der Waals surface area contributed by atoms with Crippen LogP contribution in [-0.2, 0) is 53.8 Å². The van der Waals surface area contributed by atoms with Gasteiger partial charge in [0.25, 0.3) is 0 Å². The van der Waals surface area contributed by atoms with Gasteiger partial charge in [0.15, 0.2) is 0 Å². The first-order valence-electron chi connectivity index (χ1n) is 0.707. The molecule has 0 aromatic rings. The average molecular weight is 317 g/mol. The third-order valence-electron chi connectivity index (χ3n) is 0. The van der Waals surface area contributed by atoms with E-state index in [2.05, 4.69) is 6.92 Å². The zero-order valence-electron chi connectivity index (χ0n) is 3.69. The smallest absolute Gasteiger partial charge is 0.358 e. The van der Waals surface area contributed by atoms with Crippen molar-refractivity contribution < 1.29 is 53.8 Å². The third-order valence-corrected chi connectivity index (χ3v) is 0. The SMILES string of the molecule is [CH2-]C.[CH3-].[W+2].[Y]. The van der Waals surface area contributed by atoms with Crippen molar-refractivity contribution in [2.24, 2.45) is 0 Å². The normalized spacial score (nSPS) is 1.20. The van der Waals surface area contributed by atoms with E-state index < -0.39 is 0 Å². The van der Waals surface area contributed by atoms with Gasteiger partial charge >= 0.3 is 21.1 Å². The molecule has 0 heterocycles. The van der Waals surface area contributed by atoms with Gasteiger partial charge in [-0.05, 0) is 0 Å². The number of hydrogen-bond acceptors (Lipinski definition) is 0. The van der Waals surface area contributed by atoms with E-state index in [1.807, 2.05) is 0 Å². The Bertz CT molecular complexity index is 6.85. The van der Waals surface area contributed by atoms with E-state index in [1.165, 1.54) is 0 Å². The van der Waals surface area contributed by atoms with Crippen molar-refractivity contribution in [1.29, 1.82) is 0 Å². The second-order valence-electron chi connectivity index (χ2n) is 0. The minimum absolute atomic E-state index is 0. The minimum atomic E-state index is 0. The van der Waals surface area contributed by atoms with Gasteiger partial charge in [-0.3, -0.25) is 0 Å². The van der Waals surface area contributed by atoms with Crippen molar-refractivity contribution in [2.45, 2.75) is 6.92 Å². The summed E-state index contributed by atoms with van der Waals surface area (Å²) in [7, 11) is 0. The number of rotatable bonds is 0. The van der Waals surface area contributed by atoms with Gasteiger partial charge < -0.3 is 14.4 Å². The zero-order chi connectivity index (χ0) is 2.00. The maximum Gasteiger partial charge on any atom is 2.00 e. The van der Waals surface area contributed by atoms with E-state index in [-0.39, 0.29) is 61.2 Å². The Balaban J connectivity index is -0.00000000167. The van der Waals surface area contributed by atoms with Crippen molar-refractivity contribution in [3.63, 3.8) is 0 Å². The maximum atomic E-state index is 3.25. The maximum absolute atomic E-state index is 3.25. The summed E-state index contributed by atoms with van der Waals surface area (Å²) >= 11 is 0. The Morgan fingerprint density at radius 3 is 1.20 bits per heavy atom. The monoisotopic (exact) mass is 317 g/mol. The molecule has 0 N–H and O–H groups in total. The van der Waals surface area contributed by atoms with Crippen LogP contribution in [0.25, 0.3) is 0 Å². The molecule has 0 saturated heterocycles. The van der Waals surface area contributed by atoms with Crippen LogP contribution in [0.2, 0.25) is 0 Å². The molecule has 0 fully saturated rings. The molecule has 1 radical (unpaired) electrons. The molecule has 0 aliphatic heterocycles. The second kappa shape index (κ2) is 41.4. The molecule has 0 atom stereocenters. The molecule has 0 aliphatic carbocycles. The summed E-state index contributed by atoms with van der Waals surface area (Å²) in [5, 5.41) is 0. The van der Waals surface area contributed by atoms with Crippen LogP contribution in [0.1, 0.15) is 6.92 Å². The minimum Gasteiger partial charge on any atom is -0.358 e. The van der Waals surface area contributed by atoms with Gasteiger partial charge in [0.2, 0.25) is 0 Å². The molecular formula is C3H8WY. The van der Waals surface area contributed by atoms with E-state index in [4.69, 9.17) is 0 Å². The molecule has 0 amide bonds. The average Bonchev–Trinajstić information content (AvgIpc) is 1.00. The Labute approximate surface area is 74.2 Å². The second-order valence-corrected chi connectivity index (χ2v) is 0. The van der Waals surface area contributed by atoms with E-state index in [0.29, 0.717) is 0 Å². The molecule has 0 bridgehead atoms. The molecule has 0 rings (SSSR count).